The fourth-order valence-electron chi connectivity index (χ4n) is 3.40. The van der Waals surface area contributed by atoms with E-state index in [0.29, 0.717) is 13.1 Å². The number of aliphatic hydroxyl groups is 1. The lowest BCUT2D eigenvalue weighted by Crippen LogP contribution is -2.46. The van der Waals surface area contributed by atoms with Crippen LogP contribution in [0.5, 0.6) is 0 Å². The van der Waals surface area contributed by atoms with Gasteiger partial charge in [0.1, 0.15) is 12.6 Å². The van der Waals surface area contributed by atoms with Crippen molar-refractivity contribution in [2.45, 2.75) is 18.9 Å². The maximum atomic E-state index is 9.70. The minimum Gasteiger partial charge on any atom is -0.394 e. The van der Waals surface area contributed by atoms with E-state index >= 15 is 0 Å². The quantitative estimate of drug-likeness (QED) is 0.702. The first-order chi connectivity index (χ1) is 13.2. The van der Waals surface area contributed by atoms with Crippen molar-refractivity contribution in [3.63, 3.8) is 0 Å². The Morgan fingerprint density at radius 2 is 2.00 bits per heavy atom. The number of pyridine rings is 1. The van der Waals surface area contributed by atoms with Crippen LogP contribution in [0.3, 0.4) is 0 Å². The van der Waals surface area contributed by atoms with E-state index in [2.05, 4.69) is 24.8 Å². The van der Waals surface area contributed by atoms with Crippen LogP contribution in [0.15, 0.2) is 37.2 Å². The fraction of sp³-hybridized carbons (Fsp3) is 0.444. The highest BCUT2D eigenvalue weighted by atomic mass is 16.5. The molecular formula is C18H23N7O2. The zero-order chi connectivity index (χ0) is 18.8. The number of aromatic nitrogens is 5. The number of nitrogens with zero attached hydrogens (tertiary/aromatic N) is 7. The first-order valence-corrected chi connectivity index (χ1v) is 8.88. The standard InChI is InChI=1S/C18H23N7O2/c1-23(2)17-16-18(21-11-20-17)25(12-22-16)15-9-24(8-14(10-26)27-15)7-13-3-5-19-6-4-13/h3-6,11-12,14-15,26H,7-10H2,1-2H3/t14-,15+/m0/s1. The van der Waals surface area contributed by atoms with E-state index in [9.17, 15) is 5.11 Å². The number of fused-ring (bicyclic) bond motifs is 1. The van der Waals surface area contributed by atoms with Crippen molar-refractivity contribution in [3.05, 3.63) is 42.7 Å². The minimum atomic E-state index is -0.285. The normalized spacial score (nSPS) is 20.9. The molecule has 1 saturated heterocycles. The third-order valence-electron chi connectivity index (χ3n) is 4.66. The van der Waals surface area contributed by atoms with Crippen molar-refractivity contribution < 1.29 is 9.84 Å². The first-order valence-electron chi connectivity index (χ1n) is 8.88. The minimum absolute atomic E-state index is 0.0338. The van der Waals surface area contributed by atoms with Gasteiger partial charge in [-0.2, -0.15) is 0 Å². The summed E-state index contributed by atoms with van der Waals surface area (Å²) in [5.41, 5.74) is 2.63. The molecule has 0 radical (unpaired) electrons. The van der Waals surface area contributed by atoms with Crippen LogP contribution in [0, 0.1) is 0 Å². The summed E-state index contributed by atoms with van der Waals surface area (Å²) in [6.07, 6.45) is 6.31. The molecule has 4 rings (SSSR count). The SMILES string of the molecule is CN(C)c1ncnc2c1ncn2[C@H]1CN(Cc2ccncc2)C[C@@H](CO)O1. The Balaban J connectivity index is 1.62. The van der Waals surface area contributed by atoms with Crippen molar-refractivity contribution in [1.82, 2.24) is 29.4 Å². The lowest BCUT2D eigenvalue weighted by Gasteiger charge is -2.37. The van der Waals surface area contributed by atoms with E-state index in [1.165, 1.54) is 11.9 Å². The van der Waals surface area contributed by atoms with Crippen LogP contribution in [0.2, 0.25) is 0 Å². The Morgan fingerprint density at radius 1 is 1.19 bits per heavy atom. The molecule has 0 amide bonds. The number of ether oxygens (including phenoxy) is 1. The van der Waals surface area contributed by atoms with E-state index < -0.39 is 0 Å². The second kappa shape index (κ2) is 7.55. The van der Waals surface area contributed by atoms with E-state index in [1.807, 2.05) is 35.7 Å². The molecule has 2 atom stereocenters. The van der Waals surface area contributed by atoms with Crippen LogP contribution in [-0.2, 0) is 11.3 Å². The number of morpholine rings is 1. The molecule has 0 saturated carbocycles. The van der Waals surface area contributed by atoms with Gasteiger partial charge in [-0.3, -0.25) is 14.5 Å². The van der Waals surface area contributed by atoms with Gasteiger partial charge in [-0.1, -0.05) is 0 Å². The number of hydrogen-bond acceptors (Lipinski definition) is 8. The topological polar surface area (TPSA) is 92.4 Å². The Labute approximate surface area is 157 Å². The van der Waals surface area contributed by atoms with Crippen LogP contribution in [0.1, 0.15) is 11.8 Å². The van der Waals surface area contributed by atoms with Crippen molar-refractivity contribution in [2.75, 3.05) is 38.7 Å². The predicted octanol–water partition coefficient (Wildman–Crippen LogP) is 0.679. The molecule has 1 N–H and O–H groups in total. The third kappa shape index (κ3) is 3.61. The molecule has 0 bridgehead atoms. The van der Waals surface area contributed by atoms with E-state index in [4.69, 9.17) is 4.74 Å². The Hall–Kier alpha value is -2.62. The number of rotatable bonds is 5. The smallest absolute Gasteiger partial charge is 0.167 e. The molecule has 0 aliphatic carbocycles. The molecule has 0 aromatic carbocycles. The highest BCUT2D eigenvalue weighted by Crippen LogP contribution is 2.27. The summed E-state index contributed by atoms with van der Waals surface area (Å²) in [6.45, 7) is 2.07. The summed E-state index contributed by atoms with van der Waals surface area (Å²) in [4.78, 5) is 21.5. The number of anilines is 1. The van der Waals surface area contributed by atoms with E-state index in [-0.39, 0.29) is 18.9 Å². The summed E-state index contributed by atoms with van der Waals surface area (Å²) < 4.78 is 8.02. The summed E-state index contributed by atoms with van der Waals surface area (Å²) in [5.74, 6) is 0.766. The largest absolute Gasteiger partial charge is 0.394 e. The van der Waals surface area contributed by atoms with Crippen LogP contribution < -0.4 is 4.90 Å². The molecule has 0 spiro atoms. The second-order valence-corrected chi connectivity index (χ2v) is 6.86. The maximum absolute atomic E-state index is 9.70. The van der Waals surface area contributed by atoms with Gasteiger partial charge in [0.2, 0.25) is 0 Å². The van der Waals surface area contributed by atoms with Gasteiger partial charge in [0.25, 0.3) is 0 Å². The van der Waals surface area contributed by atoms with Crippen molar-refractivity contribution in [1.29, 1.82) is 0 Å². The number of aliphatic hydroxyl groups excluding tert-OH is 1. The first kappa shape index (κ1) is 17.8. The number of hydrogen-bond donors (Lipinski definition) is 1. The number of imidazole rings is 1. The zero-order valence-corrected chi connectivity index (χ0v) is 15.4. The molecule has 1 aliphatic heterocycles. The zero-order valence-electron chi connectivity index (χ0n) is 15.4. The summed E-state index contributed by atoms with van der Waals surface area (Å²) in [7, 11) is 3.85. The van der Waals surface area contributed by atoms with Crippen LogP contribution in [-0.4, -0.2) is 74.4 Å². The van der Waals surface area contributed by atoms with Gasteiger partial charge in [0, 0.05) is 46.1 Å². The molecule has 27 heavy (non-hydrogen) atoms. The molecule has 9 nitrogen and oxygen atoms in total. The van der Waals surface area contributed by atoms with Gasteiger partial charge in [0.15, 0.2) is 17.0 Å². The lowest BCUT2D eigenvalue weighted by atomic mass is 10.2. The van der Waals surface area contributed by atoms with Crippen LogP contribution in [0.25, 0.3) is 11.2 Å². The van der Waals surface area contributed by atoms with Gasteiger partial charge in [-0.05, 0) is 17.7 Å². The highest BCUT2D eigenvalue weighted by Gasteiger charge is 2.30. The van der Waals surface area contributed by atoms with Crippen LogP contribution >= 0.6 is 0 Å². The molecule has 4 heterocycles. The van der Waals surface area contributed by atoms with Gasteiger partial charge in [-0.15, -0.1) is 0 Å². The summed E-state index contributed by atoms with van der Waals surface area (Å²) in [5, 5.41) is 9.70. The summed E-state index contributed by atoms with van der Waals surface area (Å²) >= 11 is 0. The third-order valence-corrected chi connectivity index (χ3v) is 4.66. The Bertz CT molecular complexity index is 899. The molecule has 3 aromatic rings. The van der Waals surface area contributed by atoms with E-state index in [0.717, 1.165) is 23.5 Å². The van der Waals surface area contributed by atoms with Crippen molar-refractivity contribution in [3.8, 4) is 0 Å². The second-order valence-electron chi connectivity index (χ2n) is 6.86. The Morgan fingerprint density at radius 3 is 2.74 bits per heavy atom. The molecule has 0 unspecified atom stereocenters. The van der Waals surface area contributed by atoms with Gasteiger partial charge in [-0.25, -0.2) is 15.0 Å². The summed E-state index contributed by atoms with van der Waals surface area (Å²) in [6, 6.07) is 4.00. The molecule has 1 fully saturated rings. The predicted molar refractivity (Wildman–Crippen MR) is 100 cm³/mol. The maximum Gasteiger partial charge on any atom is 0.167 e. The van der Waals surface area contributed by atoms with Gasteiger partial charge < -0.3 is 14.7 Å². The van der Waals surface area contributed by atoms with E-state index in [1.54, 1.807) is 18.7 Å². The molecule has 3 aromatic heterocycles. The highest BCUT2D eigenvalue weighted by molar-refractivity contribution is 5.83. The van der Waals surface area contributed by atoms with Gasteiger partial charge in [0.05, 0.1) is 19.0 Å². The van der Waals surface area contributed by atoms with Crippen molar-refractivity contribution >= 4 is 17.0 Å². The Kier molecular flexibility index (Phi) is 4.97. The van der Waals surface area contributed by atoms with Crippen molar-refractivity contribution in [2.24, 2.45) is 0 Å². The molecule has 1 aliphatic rings. The molecule has 142 valence electrons. The lowest BCUT2D eigenvalue weighted by molar-refractivity contribution is -0.135. The monoisotopic (exact) mass is 369 g/mol. The molecule has 9 heteroatoms. The van der Waals surface area contributed by atoms with Gasteiger partial charge >= 0.3 is 0 Å². The van der Waals surface area contributed by atoms with Crippen LogP contribution in [0.4, 0.5) is 5.82 Å². The average molecular weight is 369 g/mol. The average Bonchev–Trinajstić information content (AvgIpc) is 3.12. The fourth-order valence-corrected chi connectivity index (χ4v) is 3.40. The molecular weight excluding hydrogens is 346 g/mol.